The van der Waals surface area contributed by atoms with E-state index in [-0.39, 0.29) is 11.9 Å². The minimum atomic E-state index is -0.280. The molecule has 0 bridgehead atoms. The molecule has 13 heavy (non-hydrogen) atoms. The summed E-state index contributed by atoms with van der Waals surface area (Å²) in [6.45, 7) is 5.56. The lowest BCUT2D eigenvalue weighted by molar-refractivity contribution is -0.128. The van der Waals surface area contributed by atoms with Gasteiger partial charge in [-0.2, -0.15) is 0 Å². The summed E-state index contributed by atoms with van der Waals surface area (Å²) < 4.78 is 10.3. The fourth-order valence-corrected chi connectivity index (χ4v) is 1.39. The number of nitrogens with zero attached hydrogens (tertiary/aromatic N) is 1. The van der Waals surface area contributed by atoms with Crippen molar-refractivity contribution in [1.82, 2.24) is 4.90 Å². The Kier molecular flexibility index (Phi) is 4.35. The third-order valence-corrected chi connectivity index (χ3v) is 2.27. The van der Waals surface area contributed by atoms with Gasteiger partial charge < -0.3 is 9.47 Å². The van der Waals surface area contributed by atoms with E-state index in [4.69, 9.17) is 9.47 Å². The Hall–Kier alpha value is -0.450. The zero-order valence-electron chi connectivity index (χ0n) is 8.28. The predicted octanol–water partition coefficient (Wildman–Crippen LogP) is -0.0774. The lowest BCUT2D eigenvalue weighted by Gasteiger charge is -2.28. The van der Waals surface area contributed by atoms with Gasteiger partial charge in [0.15, 0.2) is 5.78 Å². The van der Waals surface area contributed by atoms with Crippen molar-refractivity contribution < 1.29 is 14.3 Å². The molecule has 0 aliphatic carbocycles. The SMILES string of the molecule is COC(CN1CCOCC1)C(C)=O. The maximum Gasteiger partial charge on any atom is 0.159 e. The van der Waals surface area contributed by atoms with Crippen molar-refractivity contribution >= 4 is 5.78 Å². The Morgan fingerprint density at radius 2 is 2.15 bits per heavy atom. The molecular weight excluding hydrogens is 170 g/mol. The number of Topliss-reactive ketones (excluding diaryl/α,β-unsaturated/α-hetero) is 1. The zero-order valence-corrected chi connectivity index (χ0v) is 8.28. The van der Waals surface area contributed by atoms with E-state index in [2.05, 4.69) is 4.90 Å². The Morgan fingerprint density at radius 3 is 2.62 bits per heavy atom. The molecule has 1 saturated heterocycles. The number of methoxy groups -OCH3 is 1. The molecule has 0 aromatic carbocycles. The number of carbonyl (C=O) groups excluding carboxylic acids is 1. The predicted molar refractivity (Wildman–Crippen MR) is 48.7 cm³/mol. The van der Waals surface area contributed by atoms with Gasteiger partial charge in [0.1, 0.15) is 6.10 Å². The van der Waals surface area contributed by atoms with Gasteiger partial charge in [0.2, 0.25) is 0 Å². The molecule has 1 atom stereocenters. The second-order valence-corrected chi connectivity index (χ2v) is 3.25. The molecule has 0 spiro atoms. The van der Waals surface area contributed by atoms with Crippen molar-refractivity contribution in [2.24, 2.45) is 0 Å². The Bertz CT molecular complexity index is 166. The molecule has 4 heteroatoms. The quantitative estimate of drug-likeness (QED) is 0.617. The first-order valence-corrected chi connectivity index (χ1v) is 4.57. The van der Waals surface area contributed by atoms with Gasteiger partial charge in [-0.15, -0.1) is 0 Å². The fraction of sp³-hybridized carbons (Fsp3) is 0.889. The molecule has 0 aromatic heterocycles. The maximum atomic E-state index is 11.1. The molecule has 1 heterocycles. The van der Waals surface area contributed by atoms with Gasteiger partial charge in [-0.3, -0.25) is 9.69 Å². The van der Waals surface area contributed by atoms with Crippen molar-refractivity contribution in [3.63, 3.8) is 0 Å². The van der Waals surface area contributed by atoms with Crippen LogP contribution in [0.4, 0.5) is 0 Å². The number of carbonyl (C=O) groups is 1. The van der Waals surface area contributed by atoms with Crippen molar-refractivity contribution in [3.8, 4) is 0 Å². The van der Waals surface area contributed by atoms with E-state index in [9.17, 15) is 4.79 Å². The minimum Gasteiger partial charge on any atom is -0.379 e. The van der Waals surface area contributed by atoms with Crippen molar-refractivity contribution in [2.75, 3.05) is 40.0 Å². The fourth-order valence-electron chi connectivity index (χ4n) is 1.39. The van der Waals surface area contributed by atoms with Gasteiger partial charge in [0, 0.05) is 26.7 Å². The van der Waals surface area contributed by atoms with Crippen LogP contribution in [-0.4, -0.2) is 56.7 Å². The van der Waals surface area contributed by atoms with Gasteiger partial charge in [-0.25, -0.2) is 0 Å². The van der Waals surface area contributed by atoms with Crippen LogP contribution in [0.1, 0.15) is 6.92 Å². The monoisotopic (exact) mass is 187 g/mol. The second kappa shape index (κ2) is 5.32. The molecule has 1 aliphatic heterocycles. The highest BCUT2D eigenvalue weighted by Gasteiger charge is 2.19. The Labute approximate surface area is 78.8 Å². The van der Waals surface area contributed by atoms with Crippen LogP contribution in [0.25, 0.3) is 0 Å². The Morgan fingerprint density at radius 1 is 1.54 bits per heavy atom. The van der Waals surface area contributed by atoms with Gasteiger partial charge in [-0.05, 0) is 6.92 Å². The topological polar surface area (TPSA) is 38.8 Å². The van der Waals surface area contributed by atoms with Crippen LogP contribution in [-0.2, 0) is 14.3 Å². The van der Waals surface area contributed by atoms with Crippen molar-refractivity contribution in [1.29, 1.82) is 0 Å². The van der Waals surface area contributed by atoms with Crippen LogP contribution in [0.3, 0.4) is 0 Å². The van der Waals surface area contributed by atoms with Gasteiger partial charge in [-0.1, -0.05) is 0 Å². The first-order chi connectivity index (χ1) is 6.24. The normalized spacial score (nSPS) is 21.4. The lowest BCUT2D eigenvalue weighted by atomic mass is 10.2. The zero-order chi connectivity index (χ0) is 9.68. The van der Waals surface area contributed by atoms with E-state index in [1.165, 1.54) is 0 Å². The third kappa shape index (κ3) is 3.42. The highest BCUT2D eigenvalue weighted by Crippen LogP contribution is 2.01. The highest BCUT2D eigenvalue weighted by molar-refractivity contribution is 5.80. The minimum absolute atomic E-state index is 0.0917. The van der Waals surface area contributed by atoms with Crippen LogP contribution < -0.4 is 0 Å². The van der Waals surface area contributed by atoms with Gasteiger partial charge in [0.05, 0.1) is 13.2 Å². The Balaban J connectivity index is 2.31. The summed E-state index contributed by atoms with van der Waals surface area (Å²) in [5, 5.41) is 0. The summed E-state index contributed by atoms with van der Waals surface area (Å²) in [7, 11) is 1.58. The second-order valence-electron chi connectivity index (χ2n) is 3.25. The van der Waals surface area contributed by atoms with Gasteiger partial charge >= 0.3 is 0 Å². The number of ether oxygens (including phenoxy) is 2. The van der Waals surface area contributed by atoms with E-state index < -0.39 is 0 Å². The van der Waals surface area contributed by atoms with Crippen LogP contribution in [0, 0.1) is 0 Å². The van der Waals surface area contributed by atoms with E-state index in [0.29, 0.717) is 6.54 Å². The average molecular weight is 187 g/mol. The first kappa shape index (κ1) is 10.6. The summed E-state index contributed by atoms with van der Waals surface area (Å²) in [4.78, 5) is 13.3. The molecule has 1 rings (SSSR count). The maximum absolute atomic E-state index is 11.1. The van der Waals surface area contributed by atoms with Crippen LogP contribution >= 0.6 is 0 Å². The van der Waals surface area contributed by atoms with E-state index >= 15 is 0 Å². The molecule has 1 unspecified atom stereocenters. The number of rotatable bonds is 4. The van der Waals surface area contributed by atoms with Crippen LogP contribution in [0.15, 0.2) is 0 Å². The standard InChI is InChI=1S/C9H17NO3/c1-8(11)9(12-2)7-10-3-5-13-6-4-10/h9H,3-7H2,1-2H3. The molecule has 4 nitrogen and oxygen atoms in total. The average Bonchev–Trinajstić information content (AvgIpc) is 2.15. The first-order valence-electron chi connectivity index (χ1n) is 4.57. The number of morpholine rings is 1. The number of hydrogen-bond donors (Lipinski definition) is 0. The van der Waals surface area contributed by atoms with E-state index in [0.717, 1.165) is 26.3 Å². The van der Waals surface area contributed by atoms with Crippen molar-refractivity contribution in [2.45, 2.75) is 13.0 Å². The number of hydrogen-bond acceptors (Lipinski definition) is 4. The summed E-state index contributed by atoms with van der Waals surface area (Å²) >= 11 is 0. The molecule has 0 radical (unpaired) electrons. The summed E-state index contributed by atoms with van der Waals surface area (Å²) in [5.41, 5.74) is 0. The molecule has 76 valence electrons. The lowest BCUT2D eigenvalue weighted by Crippen LogP contribution is -2.43. The molecule has 0 aromatic rings. The molecule has 1 fully saturated rings. The van der Waals surface area contributed by atoms with Crippen LogP contribution in [0.5, 0.6) is 0 Å². The highest BCUT2D eigenvalue weighted by atomic mass is 16.5. The largest absolute Gasteiger partial charge is 0.379 e. The summed E-state index contributed by atoms with van der Waals surface area (Å²) in [6, 6.07) is 0. The van der Waals surface area contributed by atoms with E-state index in [1.807, 2.05) is 0 Å². The third-order valence-electron chi connectivity index (χ3n) is 2.27. The van der Waals surface area contributed by atoms with E-state index in [1.54, 1.807) is 14.0 Å². The molecule has 1 aliphatic rings. The van der Waals surface area contributed by atoms with Crippen molar-refractivity contribution in [3.05, 3.63) is 0 Å². The molecule has 0 saturated carbocycles. The smallest absolute Gasteiger partial charge is 0.159 e. The molecular formula is C9H17NO3. The van der Waals surface area contributed by atoms with Crippen LogP contribution in [0.2, 0.25) is 0 Å². The molecule has 0 amide bonds. The molecule has 0 N–H and O–H groups in total. The summed E-state index contributed by atoms with van der Waals surface area (Å²) in [6.07, 6.45) is -0.280. The number of ketones is 1. The van der Waals surface area contributed by atoms with Gasteiger partial charge in [0.25, 0.3) is 0 Å². The summed E-state index contributed by atoms with van der Waals surface area (Å²) in [5.74, 6) is 0.0917.